The fourth-order valence-electron chi connectivity index (χ4n) is 3.89. The van der Waals surface area contributed by atoms with E-state index in [9.17, 15) is 38.0 Å². The summed E-state index contributed by atoms with van der Waals surface area (Å²) >= 11 is 12.6. The number of nitro groups is 1. The Labute approximate surface area is 250 Å². The lowest BCUT2D eigenvalue weighted by molar-refractivity contribution is -0.384. The van der Waals surface area contributed by atoms with Gasteiger partial charge in [0, 0.05) is 44.4 Å². The zero-order valence-corrected chi connectivity index (χ0v) is 23.6. The van der Waals surface area contributed by atoms with E-state index in [0.29, 0.717) is 11.4 Å². The molecule has 1 atom stereocenters. The second-order valence-electron chi connectivity index (χ2n) is 9.27. The quantitative estimate of drug-likeness (QED) is 0.169. The van der Waals surface area contributed by atoms with E-state index in [0.717, 1.165) is 0 Å². The van der Waals surface area contributed by atoms with Gasteiger partial charge in [0.1, 0.15) is 24.0 Å². The Balaban J connectivity index is 1.60. The van der Waals surface area contributed by atoms with Gasteiger partial charge in [0.15, 0.2) is 11.3 Å². The lowest BCUT2D eigenvalue weighted by atomic mass is 10.1. The van der Waals surface area contributed by atoms with E-state index in [1.54, 1.807) is 17.0 Å². The summed E-state index contributed by atoms with van der Waals surface area (Å²) < 4.78 is 49.4. The molecule has 1 amide bonds. The van der Waals surface area contributed by atoms with Crippen molar-refractivity contribution in [2.45, 2.75) is 25.2 Å². The number of carboxylic acids is 1. The molecule has 0 aliphatic heterocycles. The third-order valence-electron chi connectivity index (χ3n) is 5.95. The Hall–Kier alpha value is -4.63. The van der Waals surface area contributed by atoms with Gasteiger partial charge in [-0.05, 0) is 29.8 Å². The Morgan fingerprint density at radius 2 is 1.86 bits per heavy atom. The predicted octanol–water partition coefficient (Wildman–Crippen LogP) is 5.42. The van der Waals surface area contributed by atoms with Gasteiger partial charge in [0.2, 0.25) is 5.89 Å². The Morgan fingerprint density at radius 3 is 2.40 bits per heavy atom. The zero-order chi connectivity index (χ0) is 31.6. The second kappa shape index (κ2) is 12.3. The van der Waals surface area contributed by atoms with Crippen LogP contribution in [0.25, 0.3) is 22.6 Å². The number of hydrogen-bond acceptors (Lipinski definition) is 9. The number of amides is 1. The van der Waals surface area contributed by atoms with Crippen molar-refractivity contribution in [3.63, 3.8) is 0 Å². The van der Waals surface area contributed by atoms with E-state index in [4.69, 9.17) is 32.4 Å². The number of nitrogens with zero attached hydrogens (tertiary/aromatic N) is 4. The number of nitro benzene ring substituents is 1. The molecule has 17 heteroatoms. The van der Waals surface area contributed by atoms with Crippen LogP contribution in [-0.2, 0) is 22.6 Å². The van der Waals surface area contributed by atoms with Crippen LogP contribution in [0, 0.1) is 10.1 Å². The topological polar surface area (TPSA) is 161 Å². The van der Waals surface area contributed by atoms with Crippen molar-refractivity contribution in [3.05, 3.63) is 73.9 Å². The van der Waals surface area contributed by atoms with Crippen LogP contribution in [0.15, 0.2) is 47.0 Å². The maximum atomic E-state index is 12.6. The number of carbonyl (C=O) groups excluding carboxylic acids is 1. The van der Waals surface area contributed by atoms with Gasteiger partial charge in [0.05, 0.1) is 20.5 Å². The van der Waals surface area contributed by atoms with Crippen molar-refractivity contribution in [1.29, 1.82) is 0 Å². The highest BCUT2D eigenvalue weighted by atomic mass is 35.5. The monoisotopic (exact) mass is 641 g/mol. The smallest absolute Gasteiger partial charge is 0.471 e. The van der Waals surface area contributed by atoms with Crippen molar-refractivity contribution in [2.24, 2.45) is 0 Å². The van der Waals surface area contributed by atoms with E-state index in [1.165, 1.54) is 35.8 Å². The van der Waals surface area contributed by atoms with Crippen LogP contribution in [-0.4, -0.2) is 58.2 Å². The molecular formula is C26H20Cl2F3N5O7. The minimum atomic E-state index is -5.28. The number of carboxylic acid groups (broad SMARTS) is 1. The van der Waals surface area contributed by atoms with Crippen LogP contribution in [0.4, 0.5) is 24.7 Å². The Bertz CT molecular complexity index is 1690. The first-order valence-electron chi connectivity index (χ1n) is 12.1. The molecule has 4 rings (SSSR count). The minimum Gasteiger partial charge on any atom is -0.486 e. The number of oxazole rings is 1. The van der Waals surface area contributed by atoms with Gasteiger partial charge < -0.3 is 24.5 Å². The highest BCUT2D eigenvalue weighted by Gasteiger charge is 2.41. The highest BCUT2D eigenvalue weighted by Crippen LogP contribution is 2.37. The van der Waals surface area contributed by atoms with Crippen LogP contribution < -0.4 is 15.0 Å². The fraction of sp³-hybridized carbons (Fsp3) is 0.231. The predicted molar refractivity (Wildman–Crippen MR) is 148 cm³/mol. The number of alkyl halides is 3. The second-order valence-corrected chi connectivity index (χ2v) is 10.1. The summed E-state index contributed by atoms with van der Waals surface area (Å²) in [6, 6.07) is 6.41. The van der Waals surface area contributed by atoms with Gasteiger partial charge >= 0.3 is 18.1 Å². The normalized spacial score (nSPS) is 12.2. The first-order chi connectivity index (χ1) is 20.1. The van der Waals surface area contributed by atoms with Crippen LogP contribution in [0.1, 0.15) is 11.1 Å². The molecule has 226 valence electrons. The van der Waals surface area contributed by atoms with Gasteiger partial charge in [-0.15, -0.1) is 0 Å². The van der Waals surface area contributed by atoms with Crippen molar-refractivity contribution < 1.29 is 41.9 Å². The highest BCUT2D eigenvalue weighted by molar-refractivity contribution is 6.37. The molecule has 2 aromatic heterocycles. The van der Waals surface area contributed by atoms with E-state index >= 15 is 0 Å². The molecule has 0 radical (unpaired) electrons. The molecular weight excluding hydrogens is 622 g/mol. The molecule has 0 spiro atoms. The third kappa shape index (κ3) is 7.24. The third-order valence-corrected chi connectivity index (χ3v) is 6.51. The van der Waals surface area contributed by atoms with Gasteiger partial charge in [0.25, 0.3) is 5.69 Å². The van der Waals surface area contributed by atoms with Crippen LogP contribution in [0.2, 0.25) is 10.0 Å². The standard InChI is InChI=1S/C26H20Cl2F3N5O7/c1-35(2)20-4-3-13(10-32-20)23-33-18-9-15(36(40)41)8-14(21(18)43-23)11-42-22-16(27)5-12(6-17(22)28)7-19(24(37)38)34-25(39)26(29,30)31/h3-6,8-10,19H,7,11H2,1-2H3,(H,34,39)(H,37,38)/t19-/m0/s1. The summed E-state index contributed by atoms with van der Waals surface area (Å²) in [5, 5.41) is 22.0. The molecule has 43 heavy (non-hydrogen) atoms. The van der Waals surface area contributed by atoms with Crippen molar-refractivity contribution in [3.8, 4) is 17.2 Å². The molecule has 0 unspecified atom stereocenters. The summed E-state index contributed by atoms with van der Waals surface area (Å²) in [7, 11) is 3.65. The lowest BCUT2D eigenvalue weighted by Crippen LogP contribution is -2.47. The number of benzene rings is 2. The van der Waals surface area contributed by atoms with Crippen LogP contribution in [0.5, 0.6) is 5.75 Å². The molecule has 2 heterocycles. The largest absolute Gasteiger partial charge is 0.486 e. The van der Waals surface area contributed by atoms with E-state index < -0.39 is 35.4 Å². The number of hydrogen-bond donors (Lipinski definition) is 2. The van der Waals surface area contributed by atoms with Crippen molar-refractivity contribution >= 4 is 57.7 Å². The Morgan fingerprint density at radius 1 is 1.19 bits per heavy atom. The minimum absolute atomic E-state index is 0.0868. The van der Waals surface area contributed by atoms with E-state index in [2.05, 4.69) is 9.97 Å². The number of aromatic nitrogens is 2. The number of halogens is 5. The number of fused-ring (bicyclic) bond motifs is 1. The lowest BCUT2D eigenvalue weighted by Gasteiger charge is -2.17. The van der Waals surface area contributed by atoms with Crippen LogP contribution >= 0.6 is 23.2 Å². The summed E-state index contributed by atoms with van der Waals surface area (Å²) in [6.45, 7) is -0.331. The maximum absolute atomic E-state index is 12.6. The molecule has 0 fully saturated rings. The fourth-order valence-corrected chi connectivity index (χ4v) is 4.53. The molecule has 2 aromatic carbocycles. The van der Waals surface area contributed by atoms with Gasteiger partial charge in [-0.3, -0.25) is 14.9 Å². The molecule has 4 aromatic rings. The van der Waals surface area contributed by atoms with Gasteiger partial charge in [-0.1, -0.05) is 23.2 Å². The number of nitrogens with one attached hydrogen (secondary N) is 1. The molecule has 0 aliphatic rings. The summed E-state index contributed by atoms with van der Waals surface area (Å²) in [5.74, 6) is -3.39. The molecule has 0 saturated heterocycles. The number of non-ortho nitro benzene ring substituents is 1. The summed E-state index contributed by atoms with van der Waals surface area (Å²) in [6.07, 6.45) is -4.32. The first-order valence-corrected chi connectivity index (χ1v) is 12.8. The molecule has 12 nitrogen and oxygen atoms in total. The summed E-state index contributed by atoms with van der Waals surface area (Å²) in [5.41, 5.74) is 0.893. The average Bonchev–Trinajstić information content (AvgIpc) is 3.36. The van der Waals surface area contributed by atoms with E-state index in [1.807, 2.05) is 14.1 Å². The number of aliphatic carboxylic acids is 1. The number of carbonyl (C=O) groups is 2. The SMILES string of the molecule is CN(C)c1ccc(-c2nc3cc([N+](=O)[O-])cc(COc4c(Cl)cc(C[C@H](NC(=O)C(F)(F)F)C(=O)O)cc4Cl)c3o2)cn1. The maximum Gasteiger partial charge on any atom is 0.471 e. The van der Waals surface area contributed by atoms with Gasteiger partial charge in [-0.2, -0.15) is 13.2 Å². The summed E-state index contributed by atoms with van der Waals surface area (Å²) in [4.78, 5) is 44.1. The molecule has 2 N–H and O–H groups in total. The number of pyridine rings is 1. The van der Waals surface area contributed by atoms with Crippen molar-refractivity contribution in [2.75, 3.05) is 19.0 Å². The molecule has 0 aliphatic carbocycles. The average molecular weight is 642 g/mol. The molecule has 0 bridgehead atoms. The zero-order valence-electron chi connectivity index (χ0n) is 22.1. The van der Waals surface area contributed by atoms with Crippen LogP contribution in [0.3, 0.4) is 0 Å². The molecule has 0 saturated carbocycles. The van der Waals surface area contributed by atoms with Crippen molar-refractivity contribution in [1.82, 2.24) is 15.3 Å². The first kappa shape index (κ1) is 31.3. The Kier molecular flexibility index (Phi) is 8.96. The number of anilines is 1. The number of rotatable bonds is 10. The van der Waals surface area contributed by atoms with Gasteiger partial charge in [-0.25, -0.2) is 14.8 Å². The number of ether oxygens (including phenoxy) is 1. The van der Waals surface area contributed by atoms with E-state index in [-0.39, 0.29) is 56.2 Å².